The highest BCUT2D eigenvalue weighted by Gasteiger charge is 2.32. The Hall–Kier alpha value is -2.25. The van der Waals surface area contributed by atoms with Gasteiger partial charge in [-0.3, -0.25) is 9.59 Å². The van der Waals surface area contributed by atoms with Crippen LogP contribution in [-0.4, -0.2) is 52.8 Å². The molecule has 0 radical (unpaired) electrons. The first-order valence-corrected chi connectivity index (χ1v) is 11.4. The Balaban J connectivity index is 1.26. The average Bonchev–Trinajstić information content (AvgIpc) is 3.33. The number of aromatic nitrogens is 1. The topological polar surface area (TPSA) is 53.5 Å². The predicted octanol–water partition coefficient (Wildman–Crippen LogP) is 4.11. The Morgan fingerprint density at radius 2 is 1.68 bits per heavy atom. The maximum absolute atomic E-state index is 12.9. The van der Waals surface area contributed by atoms with Crippen LogP contribution < -0.4 is 0 Å². The van der Waals surface area contributed by atoms with Crippen molar-refractivity contribution >= 4 is 44.7 Å². The summed E-state index contributed by atoms with van der Waals surface area (Å²) in [6.45, 7) is 2.53. The lowest BCUT2D eigenvalue weighted by Crippen LogP contribution is -2.52. The molecule has 3 heterocycles. The van der Waals surface area contributed by atoms with Crippen molar-refractivity contribution in [1.29, 1.82) is 0 Å². The van der Waals surface area contributed by atoms with Gasteiger partial charge in [0, 0.05) is 32.1 Å². The second-order valence-electron chi connectivity index (χ2n) is 7.40. The van der Waals surface area contributed by atoms with Crippen LogP contribution in [0.2, 0.25) is 0 Å². The van der Waals surface area contributed by atoms with Gasteiger partial charge in [-0.15, -0.1) is 22.7 Å². The van der Waals surface area contributed by atoms with E-state index in [4.69, 9.17) is 0 Å². The van der Waals surface area contributed by atoms with E-state index in [1.54, 1.807) is 11.3 Å². The maximum Gasteiger partial charge on any atom is 0.264 e. The molecule has 2 amide bonds. The van der Waals surface area contributed by atoms with Gasteiger partial charge in [-0.05, 0) is 37.1 Å². The minimum atomic E-state index is 0.0631. The van der Waals surface area contributed by atoms with Crippen LogP contribution in [0.25, 0.3) is 20.1 Å². The lowest BCUT2D eigenvalue weighted by atomic mass is 9.84. The summed E-state index contributed by atoms with van der Waals surface area (Å²) in [6, 6.07) is 12.0. The molecule has 2 fully saturated rings. The molecule has 0 bridgehead atoms. The molecule has 2 aliphatic rings. The van der Waals surface area contributed by atoms with Crippen molar-refractivity contribution in [3.05, 3.63) is 41.3 Å². The molecular weight excluding hydrogens is 390 g/mol. The first kappa shape index (κ1) is 17.8. The average molecular weight is 412 g/mol. The first-order chi connectivity index (χ1) is 13.7. The third-order valence-corrected chi connectivity index (χ3v) is 7.93. The molecule has 28 heavy (non-hydrogen) atoms. The number of thiazole rings is 1. The van der Waals surface area contributed by atoms with Gasteiger partial charge in [-0.1, -0.05) is 18.6 Å². The molecule has 5 nitrogen and oxygen atoms in total. The van der Waals surface area contributed by atoms with Gasteiger partial charge < -0.3 is 9.80 Å². The molecule has 7 heteroatoms. The zero-order valence-electron chi connectivity index (χ0n) is 15.5. The van der Waals surface area contributed by atoms with Crippen molar-refractivity contribution in [1.82, 2.24) is 14.8 Å². The smallest absolute Gasteiger partial charge is 0.264 e. The fraction of sp³-hybridized carbons (Fsp3) is 0.381. The van der Waals surface area contributed by atoms with Crippen molar-refractivity contribution < 1.29 is 9.59 Å². The van der Waals surface area contributed by atoms with E-state index in [1.165, 1.54) is 17.8 Å². The number of amides is 2. The molecule has 144 valence electrons. The summed E-state index contributed by atoms with van der Waals surface area (Å²) in [4.78, 5) is 35.6. The fourth-order valence-electron chi connectivity index (χ4n) is 3.74. The molecule has 1 aromatic carbocycles. The van der Waals surface area contributed by atoms with Crippen LogP contribution >= 0.6 is 22.7 Å². The van der Waals surface area contributed by atoms with Gasteiger partial charge in [-0.25, -0.2) is 4.98 Å². The lowest BCUT2D eigenvalue weighted by molar-refractivity contribution is -0.139. The highest BCUT2D eigenvalue weighted by molar-refractivity contribution is 7.26. The number of thiophene rings is 1. The van der Waals surface area contributed by atoms with Gasteiger partial charge in [0.05, 0.1) is 20.0 Å². The monoisotopic (exact) mass is 411 g/mol. The van der Waals surface area contributed by atoms with E-state index in [0.717, 1.165) is 37.8 Å². The number of piperazine rings is 1. The van der Waals surface area contributed by atoms with E-state index in [0.29, 0.717) is 26.2 Å². The van der Waals surface area contributed by atoms with Crippen LogP contribution in [-0.2, 0) is 4.79 Å². The van der Waals surface area contributed by atoms with E-state index in [-0.39, 0.29) is 17.7 Å². The minimum Gasteiger partial charge on any atom is -0.339 e. The molecule has 0 spiro atoms. The highest BCUT2D eigenvalue weighted by Crippen LogP contribution is 2.35. The second-order valence-corrected chi connectivity index (χ2v) is 9.51. The van der Waals surface area contributed by atoms with Crippen molar-refractivity contribution in [2.75, 3.05) is 26.2 Å². The number of benzene rings is 1. The third-order valence-electron chi connectivity index (χ3n) is 5.65. The molecule has 0 N–H and O–H groups in total. The van der Waals surface area contributed by atoms with E-state index >= 15 is 0 Å². The molecule has 5 rings (SSSR count). The fourth-order valence-corrected chi connectivity index (χ4v) is 5.74. The standard InChI is InChI=1S/C21H21N3O2S2/c25-20(14-4-3-5-14)23-10-12-24(13-11-23)21(26)18-9-8-17(27-18)19-22-15-6-1-2-7-16(15)28-19/h1-2,6-9,14H,3-5,10-13H2. The zero-order valence-corrected chi connectivity index (χ0v) is 17.1. The Bertz CT molecular complexity index is 996. The van der Waals surface area contributed by atoms with Crippen LogP contribution in [0.5, 0.6) is 0 Å². The van der Waals surface area contributed by atoms with Crippen LogP contribution in [0.15, 0.2) is 36.4 Å². The number of para-hydroxylation sites is 1. The third kappa shape index (κ3) is 3.22. The molecule has 0 atom stereocenters. The molecule has 1 saturated carbocycles. The minimum absolute atomic E-state index is 0.0631. The largest absolute Gasteiger partial charge is 0.339 e. The summed E-state index contributed by atoms with van der Waals surface area (Å²) in [5, 5.41) is 0.959. The number of hydrogen-bond donors (Lipinski definition) is 0. The molecule has 1 aliphatic carbocycles. The SMILES string of the molecule is O=C(c1ccc(-c2nc3ccccc3s2)s1)N1CCN(C(=O)C2CCC2)CC1. The van der Waals surface area contributed by atoms with E-state index in [1.807, 2.05) is 40.1 Å². The van der Waals surface area contributed by atoms with E-state index in [2.05, 4.69) is 11.1 Å². The van der Waals surface area contributed by atoms with Gasteiger partial charge in [0.15, 0.2) is 0 Å². The van der Waals surface area contributed by atoms with Crippen LogP contribution in [0.1, 0.15) is 28.9 Å². The number of carbonyl (C=O) groups excluding carboxylic acids is 2. The van der Waals surface area contributed by atoms with Gasteiger partial charge in [0.25, 0.3) is 5.91 Å². The van der Waals surface area contributed by atoms with Crippen LogP contribution in [0.3, 0.4) is 0 Å². The maximum atomic E-state index is 12.9. The van der Waals surface area contributed by atoms with Crippen molar-refractivity contribution in [3.63, 3.8) is 0 Å². The quantitative estimate of drug-likeness (QED) is 0.652. The Morgan fingerprint density at radius 3 is 2.39 bits per heavy atom. The number of fused-ring (bicyclic) bond motifs is 1. The summed E-state index contributed by atoms with van der Waals surface area (Å²) >= 11 is 3.16. The van der Waals surface area contributed by atoms with Crippen LogP contribution in [0.4, 0.5) is 0 Å². The van der Waals surface area contributed by atoms with Crippen molar-refractivity contribution in [2.45, 2.75) is 19.3 Å². The van der Waals surface area contributed by atoms with E-state index in [9.17, 15) is 9.59 Å². The van der Waals surface area contributed by atoms with Gasteiger partial charge in [0.1, 0.15) is 5.01 Å². The van der Waals surface area contributed by atoms with Gasteiger partial charge >= 0.3 is 0 Å². The zero-order chi connectivity index (χ0) is 19.1. The van der Waals surface area contributed by atoms with Gasteiger partial charge in [0.2, 0.25) is 5.91 Å². The van der Waals surface area contributed by atoms with E-state index < -0.39 is 0 Å². The Morgan fingerprint density at radius 1 is 0.929 bits per heavy atom. The number of carbonyl (C=O) groups is 2. The molecule has 1 saturated heterocycles. The molecule has 1 aliphatic heterocycles. The normalized spacial score (nSPS) is 17.7. The highest BCUT2D eigenvalue weighted by atomic mass is 32.1. The first-order valence-electron chi connectivity index (χ1n) is 9.73. The predicted molar refractivity (Wildman–Crippen MR) is 113 cm³/mol. The summed E-state index contributed by atoms with van der Waals surface area (Å²) < 4.78 is 1.16. The summed E-state index contributed by atoms with van der Waals surface area (Å²) in [5.41, 5.74) is 0.996. The number of nitrogens with zero attached hydrogens (tertiary/aromatic N) is 3. The van der Waals surface area contributed by atoms with Crippen LogP contribution in [0, 0.1) is 5.92 Å². The lowest BCUT2D eigenvalue weighted by Gasteiger charge is -2.38. The Kier molecular flexibility index (Phi) is 4.64. The van der Waals surface area contributed by atoms with Crippen molar-refractivity contribution in [3.8, 4) is 9.88 Å². The summed E-state index contributed by atoms with van der Waals surface area (Å²) in [6.07, 6.45) is 3.23. The Labute approximate surface area is 171 Å². The van der Waals surface area contributed by atoms with Crippen molar-refractivity contribution in [2.24, 2.45) is 5.92 Å². The van der Waals surface area contributed by atoms with Gasteiger partial charge in [-0.2, -0.15) is 0 Å². The molecule has 3 aromatic rings. The summed E-state index contributed by atoms with van der Waals surface area (Å²) in [7, 11) is 0. The molecule has 2 aromatic heterocycles. The summed E-state index contributed by atoms with van der Waals surface area (Å²) in [5.74, 6) is 0.580. The number of hydrogen-bond acceptors (Lipinski definition) is 5. The number of rotatable bonds is 3. The molecular formula is C21H21N3O2S2. The molecule has 0 unspecified atom stereocenters. The second kappa shape index (κ2) is 7.29.